The van der Waals surface area contributed by atoms with E-state index in [2.05, 4.69) is 41.0 Å². The molecule has 0 aliphatic heterocycles. The van der Waals surface area contributed by atoms with Crippen LogP contribution in [-0.2, 0) is 19.6 Å². The standard InChI is InChI=1S/C18H24N6O.ClH/c1-12-7-5-6-8-16(12)24-14(3)15(13(2)21-24)10-23(4)11-17-20-18(9-19)25-22-17;/h5-8H,9-11,19H2,1-4H3;1H. The maximum absolute atomic E-state index is 5.51. The van der Waals surface area contributed by atoms with Crippen molar-refractivity contribution in [2.24, 2.45) is 5.73 Å². The van der Waals surface area contributed by atoms with Crippen molar-refractivity contribution in [3.63, 3.8) is 0 Å². The first kappa shape index (κ1) is 20.1. The van der Waals surface area contributed by atoms with Crippen molar-refractivity contribution in [3.8, 4) is 5.69 Å². The highest BCUT2D eigenvalue weighted by Gasteiger charge is 2.16. The lowest BCUT2D eigenvalue weighted by Crippen LogP contribution is -2.19. The van der Waals surface area contributed by atoms with Crippen LogP contribution in [0, 0.1) is 20.8 Å². The second-order valence-corrected chi connectivity index (χ2v) is 6.33. The Hall–Kier alpha value is -2.22. The second-order valence-electron chi connectivity index (χ2n) is 6.33. The summed E-state index contributed by atoms with van der Waals surface area (Å²) < 4.78 is 7.08. The van der Waals surface area contributed by atoms with E-state index in [9.17, 15) is 0 Å². The van der Waals surface area contributed by atoms with Gasteiger partial charge in [-0.15, -0.1) is 12.4 Å². The number of halogens is 1. The lowest BCUT2D eigenvalue weighted by molar-refractivity contribution is 0.298. The fraction of sp³-hybridized carbons (Fsp3) is 0.389. The van der Waals surface area contributed by atoms with Crippen molar-refractivity contribution in [1.29, 1.82) is 0 Å². The highest BCUT2D eigenvalue weighted by atomic mass is 35.5. The van der Waals surface area contributed by atoms with Crippen LogP contribution in [0.15, 0.2) is 28.8 Å². The molecular weight excluding hydrogens is 352 g/mol. The summed E-state index contributed by atoms with van der Waals surface area (Å²) in [6, 6.07) is 8.27. The molecule has 0 amide bonds. The molecule has 0 aliphatic rings. The lowest BCUT2D eigenvalue weighted by Gasteiger charge is -2.15. The van der Waals surface area contributed by atoms with Crippen LogP contribution in [0.2, 0.25) is 0 Å². The van der Waals surface area contributed by atoms with E-state index in [1.165, 1.54) is 11.1 Å². The minimum absolute atomic E-state index is 0. The molecule has 0 aliphatic carbocycles. The van der Waals surface area contributed by atoms with Gasteiger partial charge in [-0.3, -0.25) is 4.90 Å². The molecule has 0 unspecified atom stereocenters. The van der Waals surface area contributed by atoms with Crippen molar-refractivity contribution in [2.45, 2.75) is 40.4 Å². The Morgan fingerprint density at radius 1 is 1.15 bits per heavy atom. The number of aromatic nitrogens is 4. The topological polar surface area (TPSA) is 86.0 Å². The summed E-state index contributed by atoms with van der Waals surface area (Å²) in [6.45, 7) is 7.87. The summed E-state index contributed by atoms with van der Waals surface area (Å²) in [6.07, 6.45) is 0. The van der Waals surface area contributed by atoms with Gasteiger partial charge in [-0.1, -0.05) is 23.4 Å². The number of nitrogens with two attached hydrogens (primary N) is 1. The molecule has 0 spiro atoms. The van der Waals surface area contributed by atoms with Crippen molar-refractivity contribution >= 4 is 12.4 Å². The summed E-state index contributed by atoms with van der Waals surface area (Å²) in [5.74, 6) is 1.10. The molecule has 0 bridgehead atoms. The molecule has 8 heteroatoms. The van der Waals surface area contributed by atoms with Gasteiger partial charge in [-0.05, 0) is 39.4 Å². The van der Waals surface area contributed by atoms with Crippen LogP contribution in [0.3, 0.4) is 0 Å². The van der Waals surface area contributed by atoms with Crippen LogP contribution < -0.4 is 5.73 Å². The molecule has 0 atom stereocenters. The number of rotatable bonds is 6. The molecule has 0 fully saturated rings. The highest BCUT2D eigenvalue weighted by Crippen LogP contribution is 2.21. The van der Waals surface area contributed by atoms with Crippen molar-refractivity contribution in [1.82, 2.24) is 24.8 Å². The Morgan fingerprint density at radius 2 is 1.88 bits per heavy atom. The van der Waals surface area contributed by atoms with Gasteiger partial charge in [0, 0.05) is 17.8 Å². The zero-order chi connectivity index (χ0) is 18.0. The fourth-order valence-corrected chi connectivity index (χ4v) is 2.94. The zero-order valence-corrected chi connectivity index (χ0v) is 16.4. The molecule has 7 nitrogen and oxygen atoms in total. The Balaban J connectivity index is 0.00000243. The largest absolute Gasteiger partial charge is 0.338 e. The first-order valence-electron chi connectivity index (χ1n) is 8.30. The van der Waals surface area contributed by atoms with Crippen LogP contribution in [0.1, 0.15) is 34.2 Å². The Labute approximate surface area is 159 Å². The molecule has 0 radical (unpaired) electrons. The van der Waals surface area contributed by atoms with Gasteiger partial charge in [0.15, 0.2) is 5.82 Å². The van der Waals surface area contributed by atoms with Gasteiger partial charge in [-0.2, -0.15) is 10.1 Å². The quantitative estimate of drug-likeness (QED) is 0.711. The first-order valence-corrected chi connectivity index (χ1v) is 8.30. The summed E-state index contributed by atoms with van der Waals surface area (Å²) in [5, 5.41) is 8.69. The lowest BCUT2D eigenvalue weighted by atomic mass is 10.1. The molecular formula is C18H25ClN6O. The minimum atomic E-state index is 0. The third-order valence-electron chi connectivity index (χ3n) is 4.31. The molecule has 1 aromatic carbocycles. The SMILES string of the molecule is Cc1ccccc1-n1nc(C)c(CN(C)Cc2noc(CN)n2)c1C.Cl. The van der Waals surface area contributed by atoms with Crippen LogP contribution in [0.25, 0.3) is 5.69 Å². The van der Waals surface area contributed by atoms with E-state index in [0.29, 0.717) is 18.3 Å². The Morgan fingerprint density at radius 3 is 2.54 bits per heavy atom. The van der Waals surface area contributed by atoms with Gasteiger partial charge < -0.3 is 10.3 Å². The molecule has 0 saturated carbocycles. The predicted octanol–water partition coefficient (Wildman–Crippen LogP) is 2.69. The van der Waals surface area contributed by atoms with Gasteiger partial charge in [-0.25, -0.2) is 4.68 Å². The van der Waals surface area contributed by atoms with Crippen LogP contribution >= 0.6 is 12.4 Å². The molecule has 3 rings (SSSR count). The Bertz CT molecular complexity index is 872. The van der Waals surface area contributed by atoms with Gasteiger partial charge in [0.25, 0.3) is 0 Å². The minimum Gasteiger partial charge on any atom is -0.338 e. The maximum atomic E-state index is 5.51. The molecule has 0 saturated heterocycles. The summed E-state index contributed by atoms with van der Waals surface area (Å²) in [7, 11) is 2.03. The predicted molar refractivity (Wildman–Crippen MR) is 102 cm³/mol. The van der Waals surface area contributed by atoms with Gasteiger partial charge in [0.05, 0.1) is 24.5 Å². The zero-order valence-electron chi connectivity index (χ0n) is 15.6. The van der Waals surface area contributed by atoms with E-state index in [1.54, 1.807) is 0 Å². The fourth-order valence-electron chi connectivity index (χ4n) is 2.94. The number of hydrogen-bond acceptors (Lipinski definition) is 6. The van der Waals surface area contributed by atoms with E-state index in [4.69, 9.17) is 15.4 Å². The van der Waals surface area contributed by atoms with E-state index in [-0.39, 0.29) is 19.0 Å². The average Bonchev–Trinajstić information content (AvgIpc) is 3.15. The molecule has 2 N–H and O–H groups in total. The van der Waals surface area contributed by atoms with Crippen molar-refractivity contribution in [2.75, 3.05) is 7.05 Å². The number of benzene rings is 1. The molecule has 2 heterocycles. The van der Waals surface area contributed by atoms with E-state index in [0.717, 1.165) is 23.6 Å². The average molecular weight is 377 g/mol. The maximum Gasteiger partial charge on any atom is 0.240 e. The third-order valence-corrected chi connectivity index (χ3v) is 4.31. The van der Waals surface area contributed by atoms with E-state index in [1.807, 2.05) is 30.8 Å². The highest BCUT2D eigenvalue weighted by molar-refractivity contribution is 5.85. The summed E-state index contributed by atoms with van der Waals surface area (Å²) >= 11 is 0. The number of para-hydroxylation sites is 1. The smallest absolute Gasteiger partial charge is 0.240 e. The third kappa shape index (κ3) is 4.12. The first-order chi connectivity index (χ1) is 12.0. The Kier molecular flexibility index (Phi) is 6.52. The number of nitrogens with zero attached hydrogens (tertiary/aromatic N) is 5. The normalized spacial score (nSPS) is 11.0. The van der Waals surface area contributed by atoms with Crippen LogP contribution in [0.4, 0.5) is 0 Å². The molecule has 2 aromatic heterocycles. The van der Waals surface area contributed by atoms with Crippen molar-refractivity contribution in [3.05, 3.63) is 58.5 Å². The second kappa shape index (κ2) is 8.44. The van der Waals surface area contributed by atoms with Crippen molar-refractivity contribution < 1.29 is 4.52 Å². The van der Waals surface area contributed by atoms with E-state index < -0.39 is 0 Å². The number of hydrogen-bond donors (Lipinski definition) is 1. The molecule has 3 aromatic rings. The van der Waals surface area contributed by atoms with Crippen LogP contribution in [0.5, 0.6) is 0 Å². The molecule has 140 valence electrons. The monoisotopic (exact) mass is 376 g/mol. The molecule has 26 heavy (non-hydrogen) atoms. The summed E-state index contributed by atoms with van der Waals surface area (Å²) in [5.41, 5.74) is 11.2. The van der Waals surface area contributed by atoms with Crippen LogP contribution in [-0.4, -0.2) is 31.9 Å². The van der Waals surface area contributed by atoms with Gasteiger partial charge >= 0.3 is 0 Å². The van der Waals surface area contributed by atoms with Gasteiger partial charge in [0.1, 0.15) is 0 Å². The number of aryl methyl sites for hydroxylation is 2. The van der Waals surface area contributed by atoms with E-state index >= 15 is 0 Å². The summed E-state index contributed by atoms with van der Waals surface area (Å²) in [4.78, 5) is 6.40. The van der Waals surface area contributed by atoms with Gasteiger partial charge in [0.2, 0.25) is 5.89 Å².